The minimum Gasteiger partial charge on any atom is -0.463 e. The minimum absolute atomic E-state index is 0.0490. The van der Waals surface area contributed by atoms with Gasteiger partial charge < -0.3 is 39.5 Å². The van der Waals surface area contributed by atoms with E-state index in [9.17, 15) is 29.1 Å². The van der Waals surface area contributed by atoms with E-state index >= 15 is 0 Å². The summed E-state index contributed by atoms with van der Waals surface area (Å²) in [6, 6.07) is 12.6. The van der Waals surface area contributed by atoms with E-state index in [0.717, 1.165) is 19.3 Å². The number of esters is 2. The number of aromatic nitrogens is 1. The first-order chi connectivity index (χ1) is 26.8. The van der Waals surface area contributed by atoms with Gasteiger partial charge in [-0.2, -0.15) is 0 Å². The molecule has 1 aliphatic rings. The quantitative estimate of drug-likeness (QED) is 0.0275. The van der Waals surface area contributed by atoms with Gasteiger partial charge in [0.25, 0.3) is 5.91 Å². The number of aliphatic hydroxyl groups is 1. The monoisotopic (exact) mass is 771 g/mol. The van der Waals surface area contributed by atoms with Crippen molar-refractivity contribution in [1.82, 2.24) is 10.3 Å². The zero-order valence-electron chi connectivity index (χ0n) is 32.2. The predicted octanol–water partition coefficient (Wildman–Crippen LogP) is 6.24. The summed E-state index contributed by atoms with van der Waals surface area (Å²) in [6.07, 6.45) is 1.07. The van der Waals surface area contributed by atoms with Crippen molar-refractivity contribution in [2.75, 3.05) is 26.4 Å². The molecule has 1 amide bonds. The highest BCUT2D eigenvalue weighted by Gasteiger charge is 2.28. The smallest absolute Gasteiger partial charge is 0.463 e. The summed E-state index contributed by atoms with van der Waals surface area (Å²) in [5.41, 5.74) is 2.09. The third-order valence-corrected chi connectivity index (χ3v) is 8.52. The Labute approximate surface area is 326 Å². The van der Waals surface area contributed by atoms with Gasteiger partial charge in [-0.1, -0.05) is 43.8 Å². The maximum absolute atomic E-state index is 14.1. The molecule has 0 saturated heterocycles. The van der Waals surface area contributed by atoms with Crippen molar-refractivity contribution >= 4 is 41.6 Å². The van der Waals surface area contributed by atoms with Crippen LogP contribution in [0.5, 0.6) is 0 Å². The number of carbonyl (C=O) groups is 5. The van der Waals surface area contributed by atoms with Crippen LogP contribution in [0, 0.1) is 11.3 Å². The van der Waals surface area contributed by atoms with Crippen LogP contribution in [0.15, 0.2) is 55.1 Å². The summed E-state index contributed by atoms with van der Waals surface area (Å²) in [5.74, 6) is -2.10. The molecule has 3 aromatic rings. The molecule has 1 fully saturated rings. The van der Waals surface area contributed by atoms with Gasteiger partial charge in [-0.05, 0) is 91.1 Å². The molecule has 3 N–H and O–H groups in total. The molecule has 1 aliphatic carbocycles. The zero-order valence-corrected chi connectivity index (χ0v) is 32.2. The van der Waals surface area contributed by atoms with Crippen LogP contribution in [-0.4, -0.2) is 84.3 Å². The van der Waals surface area contributed by atoms with Gasteiger partial charge in [-0.25, -0.2) is 14.6 Å². The Morgan fingerprint density at radius 3 is 2.34 bits per heavy atom. The SMILES string of the molecule is C=Cc1cc(C(=O)Cc2ccc(C(=N)CC(=O)OCCOCCC)cc2)c(-c2ccc(C(=O)NCC3CC3)nc2C(=O)OC(C)OC(=O)OC(C)C)cc1CO. The molecule has 56 heavy (non-hydrogen) atoms. The normalized spacial score (nSPS) is 12.7. The van der Waals surface area contributed by atoms with E-state index in [1.165, 1.54) is 25.1 Å². The molecule has 1 heterocycles. The molecule has 1 aromatic heterocycles. The Morgan fingerprint density at radius 1 is 0.964 bits per heavy atom. The molecule has 14 heteroatoms. The number of ketones is 1. The molecule has 0 radical (unpaired) electrons. The topological polar surface area (TPSA) is 200 Å². The maximum atomic E-state index is 14.1. The summed E-state index contributed by atoms with van der Waals surface area (Å²) in [6.45, 7) is 11.3. The summed E-state index contributed by atoms with van der Waals surface area (Å²) in [5, 5.41) is 21.4. The van der Waals surface area contributed by atoms with Crippen molar-refractivity contribution in [3.8, 4) is 11.1 Å². The lowest BCUT2D eigenvalue weighted by Gasteiger charge is -2.18. The fourth-order valence-corrected chi connectivity index (χ4v) is 5.50. The van der Waals surface area contributed by atoms with Crippen molar-refractivity contribution in [3.63, 3.8) is 0 Å². The third kappa shape index (κ3) is 12.7. The molecule has 0 spiro atoms. The molecule has 0 bridgehead atoms. The number of rotatable bonds is 21. The summed E-state index contributed by atoms with van der Waals surface area (Å²) in [4.78, 5) is 69.6. The first-order valence-corrected chi connectivity index (χ1v) is 18.5. The molecule has 14 nitrogen and oxygen atoms in total. The predicted molar refractivity (Wildman–Crippen MR) is 206 cm³/mol. The van der Waals surface area contributed by atoms with Gasteiger partial charge in [0.15, 0.2) is 11.5 Å². The Bertz CT molecular complexity index is 1920. The second-order valence-corrected chi connectivity index (χ2v) is 13.5. The number of Topliss-reactive ketones (excluding diaryl/α,β-unsaturated/α-hetero) is 1. The van der Waals surface area contributed by atoms with Crippen molar-refractivity contribution < 1.29 is 52.8 Å². The van der Waals surface area contributed by atoms with Crippen LogP contribution in [0.25, 0.3) is 17.2 Å². The molecule has 1 unspecified atom stereocenters. The number of hydrogen-bond donors (Lipinski definition) is 3. The summed E-state index contributed by atoms with van der Waals surface area (Å²) in [7, 11) is 0. The number of amides is 1. The van der Waals surface area contributed by atoms with E-state index < -0.39 is 43.0 Å². The number of carbonyl (C=O) groups excluding carboxylic acids is 5. The molecular formula is C42H49N3O11. The molecule has 4 rings (SSSR count). The maximum Gasteiger partial charge on any atom is 0.511 e. The highest BCUT2D eigenvalue weighted by molar-refractivity contribution is 6.09. The van der Waals surface area contributed by atoms with Crippen LogP contribution < -0.4 is 5.32 Å². The van der Waals surface area contributed by atoms with Gasteiger partial charge in [0.2, 0.25) is 6.29 Å². The molecular weight excluding hydrogens is 722 g/mol. The number of hydrogen-bond acceptors (Lipinski definition) is 13. The van der Waals surface area contributed by atoms with Gasteiger partial charge in [0.1, 0.15) is 12.3 Å². The van der Waals surface area contributed by atoms with Gasteiger partial charge in [-0.15, -0.1) is 0 Å². The van der Waals surface area contributed by atoms with E-state index in [1.54, 1.807) is 50.2 Å². The number of pyridine rings is 1. The van der Waals surface area contributed by atoms with Crippen molar-refractivity contribution in [2.45, 2.75) is 78.8 Å². The first-order valence-electron chi connectivity index (χ1n) is 18.5. The standard InChI is InChI=1S/C42H49N3O11/c1-6-16-52-17-18-53-38(48)22-35(43)30-12-10-27(11-13-30)19-37(47)34-20-29(7-2)31(24-46)21-33(34)32-14-15-36(40(49)44-23-28-8-9-28)45-39(32)41(50)55-26(5)56-42(51)54-25(3)4/h7,10-15,20-21,25-26,28,43,46H,2,6,8-9,16-19,22-24H2,1,3-5H3,(H,44,49). The average molecular weight is 772 g/mol. The first kappa shape index (κ1) is 43.0. The Hall–Kier alpha value is -5.73. The summed E-state index contributed by atoms with van der Waals surface area (Å²) < 4.78 is 25.9. The molecule has 298 valence electrons. The van der Waals surface area contributed by atoms with Gasteiger partial charge in [-0.3, -0.25) is 14.4 Å². The fourth-order valence-electron chi connectivity index (χ4n) is 5.50. The van der Waals surface area contributed by atoms with E-state index in [4.69, 9.17) is 29.1 Å². The van der Waals surface area contributed by atoms with Crippen molar-refractivity contribution in [2.24, 2.45) is 5.92 Å². The van der Waals surface area contributed by atoms with Crippen LogP contribution in [-0.2, 0) is 41.5 Å². The van der Waals surface area contributed by atoms with E-state index in [1.807, 2.05) is 6.92 Å². The number of aliphatic hydroxyl groups excluding tert-OH is 1. The van der Waals surface area contributed by atoms with Crippen LogP contribution in [0.4, 0.5) is 4.79 Å². The van der Waals surface area contributed by atoms with Gasteiger partial charge in [0, 0.05) is 43.3 Å². The Morgan fingerprint density at radius 2 is 1.70 bits per heavy atom. The number of ether oxygens (including phenoxy) is 5. The van der Waals surface area contributed by atoms with Crippen molar-refractivity contribution in [3.05, 3.63) is 94.3 Å². The van der Waals surface area contributed by atoms with E-state index in [-0.39, 0.29) is 65.6 Å². The molecule has 2 aromatic carbocycles. The van der Waals surface area contributed by atoms with Crippen LogP contribution in [0.2, 0.25) is 0 Å². The van der Waals surface area contributed by atoms with Gasteiger partial charge in [0.05, 0.1) is 25.7 Å². The molecule has 1 saturated carbocycles. The Kier molecular flexibility index (Phi) is 16.0. The average Bonchev–Trinajstić information content (AvgIpc) is 4.00. The fraction of sp³-hybridized carbons (Fsp3) is 0.405. The van der Waals surface area contributed by atoms with Crippen molar-refractivity contribution in [1.29, 1.82) is 5.41 Å². The van der Waals surface area contributed by atoms with E-state index in [0.29, 0.717) is 41.3 Å². The summed E-state index contributed by atoms with van der Waals surface area (Å²) >= 11 is 0. The minimum atomic E-state index is -1.41. The largest absolute Gasteiger partial charge is 0.511 e. The van der Waals surface area contributed by atoms with Crippen LogP contribution in [0.3, 0.4) is 0 Å². The Balaban J connectivity index is 1.63. The molecule has 0 aliphatic heterocycles. The number of nitrogens with one attached hydrogen (secondary N) is 2. The lowest BCUT2D eigenvalue weighted by Crippen LogP contribution is -2.28. The van der Waals surface area contributed by atoms with Crippen LogP contribution >= 0.6 is 0 Å². The van der Waals surface area contributed by atoms with Gasteiger partial charge >= 0.3 is 18.1 Å². The highest BCUT2D eigenvalue weighted by Crippen LogP contribution is 2.33. The second kappa shape index (κ2) is 20.8. The number of benzene rings is 2. The van der Waals surface area contributed by atoms with Crippen LogP contribution in [0.1, 0.15) is 107 Å². The number of nitrogens with zero attached hydrogens (tertiary/aromatic N) is 1. The lowest BCUT2D eigenvalue weighted by molar-refractivity contribution is -0.143. The second-order valence-electron chi connectivity index (χ2n) is 13.5. The highest BCUT2D eigenvalue weighted by atomic mass is 16.8. The zero-order chi connectivity index (χ0) is 40.8. The lowest BCUT2D eigenvalue weighted by atomic mass is 9.89. The van der Waals surface area contributed by atoms with E-state index in [2.05, 4.69) is 16.9 Å². The molecule has 1 atom stereocenters. The third-order valence-electron chi connectivity index (χ3n) is 8.52.